The smallest absolute Gasteiger partial charge is 0.402 e. The molecule has 21 heavy (non-hydrogen) atoms. The van der Waals surface area contributed by atoms with Gasteiger partial charge in [-0.1, -0.05) is 47.8 Å². The molecule has 0 atom stereocenters. The minimum atomic E-state index is -3.63. The Hall–Kier alpha value is 1.57. The Morgan fingerprint density at radius 2 is 1.57 bits per heavy atom. The van der Waals surface area contributed by atoms with E-state index in [1.807, 2.05) is 0 Å². The Bertz CT molecular complexity index is 541. The summed E-state index contributed by atoms with van der Waals surface area (Å²) in [4.78, 5) is 0. The maximum absolute atomic E-state index is 12.6. The lowest BCUT2D eigenvalue weighted by molar-refractivity contribution is 0.0246. The molecule has 1 aromatic rings. The van der Waals surface area contributed by atoms with Gasteiger partial charge in [-0.25, -0.2) is 4.57 Å². The number of alkyl halides is 2. The van der Waals surface area contributed by atoms with Crippen molar-refractivity contribution in [1.29, 1.82) is 0 Å². The fourth-order valence-electron chi connectivity index (χ4n) is 1.48. The van der Waals surface area contributed by atoms with Gasteiger partial charge >= 0.3 is 7.82 Å². The SMILES string of the molecule is O=P1(Oc2c(Br)cc(Br)cc2Br)OCC(CBr)(CBr)CO1. The van der Waals surface area contributed by atoms with Gasteiger partial charge in [0.25, 0.3) is 0 Å². The van der Waals surface area contributed by atoms with Gasteiger partial charge in [0.1, 0.15) is 0 Å². The van der Waals surface area contributed by atoms with Gasteiger partial charge in [-0.05, 0) is 44.0 Å². The molecule has 4 nitrogen and oxygen atoms in total. The predicted octanol–water partition coefficient (Wildman–Crippen LogP) is 6.28. The Morgan fingerprint density at radius 3 is 2.00 bits per heavy atom. The fourth-order valence-corrected chi connectivity index (χ4v) is 7.19. The van der Waals surface area contributed by atoms with Crippen molar-refractivity contribution in [2.24, 2.45) is 5.41 Å². The zero-order chi connectivity index (χ0) is 15.7. The molecule has 0 spiro atoms. The van der Waals surface area contributed by atoms with E-state index >= 15 is 0 Å². The molecule has 0 aromatic heterocycles. The van der Waals surface area contributed by atoms with E-state index in [2.05, 4.69) is 79.6 Å². The first kappa shape index (κ1) is 18.9. The summed E-state index contributed by atoms with van der Waals surface area (Å²) in [6, 6.07) is 3.58. The minimum absolute atomic E-state index is 0.245. The summed E-state index contributed by atoms with van der Waals surface area (Å²) in [5.74, 6) is 0.381. The van der Waals surface area contributed by atoms with Crippen molar-refractivity contribution < 1.29 is 18.1 Å². The van der Waals surface area contributed by atoms with Crippen molar-refractivity contribution in [3.63, 3.8) is 0 Å². The lowest BCUT2D eigenvalue weighted by Gasteiger charge is -2.36. The number of hydrogen-bond donors (Lipinski definition) is 0. The van der Waals surface area contributed by atoms with E-state index in [-0.39, 0.29) is 18.6 Å². The van der Waals surface area contributed by atoms with Crippen LogP contribution in [-0.4, -0.2) is 23.9 Å². The van der Waals surface area contributed by atoms with Gasteiger partial charge in [0.05, 0.1) is 22.2 Å². The fraction of sp³-hybridized carbons (Fsp3) is 0.455. The summed E-state index contributed by atoms with van der Waals surface area (Å²) in [7, 11) is -3.63. The van der Waals surface area contributed by atoms with Crippen LogP contribution in [0.5, 0.6) is 5.75 Å². The van der Waals surface area contributed by atoms with Crippen LogP contribution in [0.15, 0.2) is 25.6 Å². The van der Waals surface area contributed by atoms with Crippen LogP contribution in [0.3, 0.4) is 0 Å². The monoisotopic (exact) mass is 632 g/mol. The van der Waals surface area contributed by atoms with Crippen molar-refractivity contribution >= 4 is 87.5 Å². The standard InChI is InChI=1S/C11H10Br5O4P/c12-3-11(4-13)5-18-21(17,19-6-11)20-10-8(15)1-7(14)2-9(10)16/h1-2H,3-6H2. The lowest BCUT2D eigenvalue weighted by Crippen LogP contribution is -2.39. The van der Waals surface area contributed by atoms with E-state index in [0.29, 0.717) is 25.4 Å². The molecule has 0 saturated carbocycles. The van der Waals surface area contributed by atoms with Crippen molar-refractivity contribution in [3.8, 4) is 5.75 Å². The maximum atomic E-state index is 12.6. The molecule has 1 heterocycles. The molecule has 0 radical (unpaired) electrons. The van der Waals surface area contributed by atoms with Gasteiger partial charge in [0.15, 0.2) is 5.75 Å². The van der Waals surface area contributed by atoms with Gasteiger partial charge in [-0.3, -0.25) is 9.05 Å². The summed E-state index contributed by atoms with van der Waals surface area (Å²) in [5, 5.41) is 1.36. The molecule has 0 aliphatic carbocycles. The van der Waals surface area contributed by atoms with Gasteiger partial charge in [-0.2, -0.15) is 0 Å². The molecule has 0 amide bonds. The molecular weight excluding hydrogens is 627 g/mol. The van der Waals surface area contributed by atoms with Gasteiger partial charge in [0, 0.05) is 20.5 Å². The van der Waals surface area contributed by atoms with Crippen molar-refractivity contribution in [1.82, 2.24) is 0 Å². The number of rotatable bonds is 4. The van der Waals surface area contributed by atoms with Crippen LogP contribution in [0.4, 0.5) is 0 Å². The van der Waals surface area contributed by atoms with E-state index < -0.39 is 7.82 Å². The van der Waals surface area contributed by atoms with E-state index in [1.165, 1.54) is 0 Å². The van der Waals surface area contributed by atoms with Gasteiger partial charge < -0.3 is 4.52 Å². The summed E-state index contributed by atoms with van der Waals surface area (Å²) >= 11 is 16.9. The second-order valence-corrected chi connectivity index (χ2v) is 9.89. The average molecular weight is 637 g/mol. The number of phosphoric acid groups is 1. The summed E-state index contributed by atoms with van der Waals surface area (Å²) in [6.07, 6.45) is 0. The summed E-state index contributed by atoms with van der Waals surface area (Å²) in [5.41, 5.74) is -0.245. The van der Waals surface area contributed by atoms with Crippen LogP contribution in [-0.2, 0) is 13.6 Å². The van der Waals surface area contributed by atoms with E-state index in [1.54, 1.807) is 12.1 Å². The molecule has 10 heteroatoms. The highest BCUT2D eigenvalue weighted by Gasteiger charge is 2.44. The number of phosphoric ester groups is 1. The summed E-state index contributed by atoms with van der Waals surface area (Å²) in [6.45, 7) is 0.569. The van der Waals surface area contributed by atoms with Crippen molar-refractivity contribution in [2.75, 3.05) is 23.9 Å². The average Bonchev–Trinajstić information content (AvgIpc) is 2.45. The third-order valence-electron chi connectivity index (χ3n) is 2.79. The number of benzene rings is 1. The van der Waals surface area contributed by atoms with Crippen LogP contribution in [0.2, 0.25) is 0 Å². The molecule has 0 N–H and O–H groups in total. The van der Waals surface area contributed by atoms with E-state index in [9.17, 15) is 4.57 Å². The Balaban J connectivity index is 2.16. The molecule has 118 valence electrons. The molecule has 1 aromatic carbocycles. The van der Waals surface area contributed by atoms with Crippen LogP contribution in [0.1, 0.15) is 0 Å². The highest BCUT2D eigenvalue weighted by molar-refractivity contribution is 9.11. The molecule has 0 unspecified atom stereocenters. The van der Waals surface area contributed by atoms with Crippen molar-refractivity contribution in [3.05, 3.63) is 25.6 Å². The largest absolute Gasteiger partial charge is 0.530 e. The number of hydrogen-bond acceptors (Lipinski definition) is 4. The first-order valence-electron chi connectivity index (χ1n) is 5.68. The zero-order valence-corrected chi connectivity index (χ0v) is 19.3. The summed E-state index contributed by atoms with van der Waals surface area (Å²) < 4.78 is 31.0. The second kappa shape index (κ2) is 7.64. The molecule has 1 saturated heterocycles. The Labute approximate surface area is 164 Å². The first-order valence-corrected chi connectivity index (χ1v) is 11.8. The van der Waals surface area contributed by atoms with Crippen molar-refractivity contribution in [2.45, 2.75) is 0 Å². The Kier molecular flexibility index (Phi) is 6.87. The quantitative estimate of drug-likeness (QED) is 0.288. The van der Waals surface area contributed by atoms with E-state index in [0.717, 1.165) is 4.47 Å². The highest BCUT2D eigenvalue weighted by atomic mass is 79.9. The lowest BCUT2D eigenvalue weighted by atomic mass is 9.96. The normalized spacial score (nSPS) is 20.2. The first-order chi connectivity index (χ1) is 9.83. The van der Waals surface area contributed by atoms with Gasteiger partial charge in [0.2, 0.25) is 0 Å². The molecule has 1 aliphatic rings. The third kappa shape index (κ3) is 4.56. The topological polar surface area (TPSA) is 44.8 Å². The predicted molar refractivity (Wildman–Crippen MR) is 99.7 cm³/mol. The molecule has 1 aliphatic heterocycles. The van der Waals surface area contributed by atoms with Crippen LogP contribution in [0.25, 0.3) is 0 Å². The molecule has 1 fully saturated rings. The third-order valence-corrected chi connectivity index (χ3v) is 8.10. The molecular formula is C11H10Br5O4P. The Morgan fingerprint density at radius 1 is 1.10 bits per heavy atom. The van der Waals surface area contributed by atoms with Crippen LogP contribution >= 0.6 is 87.5 Å². The van der Waals surface area contributed by atoms with Gasteiger partial charge in [-0.15, -0.1) is 0 Å². The molecule has 0 bridgehead atoms. The zero-order valence-electron chi connectivity index (χ0n) is 10.5. The highest BCUT2D eigenvalue weighted by Crippen LogP contribution is 2.57. The second-order valence-electron chi connectivity index (χ2n) is 4.55. The van der Waals surface area contributed by atoms with Crippen LogP contribution in [0, 0.1) is 5.41 Å². The number of halogens is 5. The van der Waals surface area contributed by atoms with E-state index in [4.69, 9.17) is 13.6 Å². The van der Waals surface area contributed by atoms with Crippen LogP contribution < -0.4 is 4.52 Å². The molecule has 2 rings (SSSR count). The minimum Gasteiger partial charge on any atom is -0.402 e. The maximum Gasteiger partial charge on any atom is 0.530 e.